The van der Waals surface area contributed by atoms with Crippen LogP contribution in [0.3, 0.4) is 0 Å². The predicted octanol–water partition coefficient (Wildman–Crippen LogP) is 6.48. The molecule has 264 valence electrons. The van der Waals surface area contributed by atoms with Gasteiger partial charge in [0.05, 0.1) is 0 Å². The molecule has 0 heterocycles. The molecule has 0 spiro atoms. The summed E-state index contributed by atoms with van der Waals surface area (Å²) in [5, 5.41) is 0. The van der Waals surface area contributed by atoms with E-state index in [1.807, 2.05) is 12.1 Å². The first-order valence-corrected chi connectivity index (χ1v) is 20.0. The van der Waals surface area contributed by atoms with E-state index in [0.717, 1.165) is 66.5 Å². The minimum absolute atomic E-state index is 0. The maximum atomic E-state index is 14.3. The molecule has 0 amide bonds. The summed E-state index contributed by atoms with van der Waals surface area (Å²) in [6.07, 6.45) is -1.30. The van der Waals surface area contributed by atoms with Gasteiger partial charge in [-0.25, -0.2) is 0 Å². The third kappa shape index (κ3) is 7.92. The molecule has 2 aliphatic rings. The van der Waals surface area contributed by atoms with Crippen molar-refractivity contribution in [2.45, 2.75) is 43.7 Å². The number of allylic oxidation sites excluding steroid dienone is 4. The van der Waals surface area contributed by atoms with Crippen molar-refractivity contribution in [3.05, 3.63) is 164 Å². The van der Waals surface area contributed by atoms with Gasteiger partial charge in [0.15, 0.2) is 0 Å². The number of hydrogen-bond acceptors (Lipinski definition) is 0. The summed E-state index contributed by atoms with van der Waals surface area (Å²) >= 11 is -3.71. The van der Waals surface area contributed by atoms with E-state index in [0.29, 0.717) is 14.3 Å². The van der Waals surface area contributed by atoms with E-state index in [9.17, 15) is 26.3 Å². The number of halogens is 8. The number of rotatable bonds is 6. The van der Waals surface area contributed by atoms with Crippen LogP contribution in [-0.2, 0) is 33.6 Å². The monoisotopic (exact) mass is 814 g/mol. The van der Waals surface area contributed by atoms with E-state index < -0.39 is 44.7 Å². The zero-order valence-electron chi connectivity index (χ0n) is 28.5. The fourth-order valence-corrected chi connectivity index (χ4v) is 16.5. The second kappa shape index (κ2) is 15.0. The fourth-order valence-electron chi connectivity index (χ4n) is 6.98. The quantitative estimate of drug-likeness (QED) is 0.196. The predicted molar refractivity (Wildman–Crippen MR) is 185 cm³/mol. The molecule has 2 aliphatic carbocycles. The maximum absolute atomic E-state index is 14.3. The van der Waals surface area contributed by atoms with Crippen molar-refractivity contribution in [2.75, 3.05) is 0 Å². The number of alkyl halides is 6. The van der Waals surface area contributed by atoms with Gasteiger partial charge >= 0.3 is 293 Å². The van der Waals surface area contributed by atoms with Crippen LogP contribution in [0.4, 0.5) is 26.3 Å². The summed E-state index contributed by atoms with van der Waals surface area (Å²) in [5.41, 5.74) is 5.76. The molecule has 0 saturated heterocycles. The molecule has 0 bridgehead atoms. The maximum Gasteiger partial charge on any atom is -1.00 e. The first kappa shape index (κ1) is 40.5. The van der Waals surface area contributed by atoms with Crippen molar-refractivity contribution >= 4 is 15.4 Å². The van der Waals surface area contributed by atoms with Crippen molar-refractivity contribution < 1.29 is 72.4 Å². The number of benzene rings is 4. The Hall–Kier alpha value is -3.25. The standard InChI is InChI=1S/C17H13.C15H8F6.C10H15.2ClH.Zr/c1-3-12-5-7-14-11-15-8-6-13(4-2)10-17(15)16(14)9-12;16-14(17,18)12-5-1-3-10(8-12)7-11-4-2-6-13(9-11)15(19,20)21;1-8-5-6-9(7-8)10(2,3)4;;;/h3-11H,1-2H2;1-6,8-9H;6-8H,1-4H3;2*1H;/q;;;;;+2/p-2. The van der Waals surface area contributed by atoms with Gasteiger partial charge in [0, 0.05) is 0 Å². The Balaban J connectivity index is 0.00000292. The van der Waals surface area contributed by atoms with E-state index >= 15 is 0 Å². The van der Waals surface area contributed by atoms with Gasteiger partial charge in [-0.1, -0.05) is 0 Å². The molecular formula is C42H36Cl2F6Zr. The fraction of sp³-hybridized carbons (Fsp3) is 0.214. The van der Waals surface area contributed by atoms with Crippen LogP contribution in [0.5, 0.6) is 0 Å². The molecule has 0 aliphatic heterocycles. The van der Waals surface area contributed by atoms with Crippen molar-refractivity contribution in [2.24, 2.45) is 11.3 Å². The van der Waals surface area contributed by atoms with Gasteiger partial charge in [0.2, 0.25) is 0 Å². The van der Waals surface area contributed by atoms with Crippen LogP contribution >= 0.6 is 0 Å². The second-order valence-electron chi connectivity index (χ2n) is 13.7. The molecule has 1 atom stereocenters. The van der Waals surface area contributed by atoms with E-state index in [2.05, 4.69) is 77.3 Å². The zero-order chi connectivity index (χ0) is 35.5. The van der Waals surface area contributed by atoms with Gasteiger partial charge < -0.3 is 24.8 Å². The second-order valence-corrected chi connectivity index (χ2v) is 19.8. The number of fused-ring (bicyclic) bond motifs is 3. The van der Waals surface area contributed by atoms with Gasteiger partial charge in [-0.2, -0.15) is 0 Å². The van der Waals surface area contributed by atoms with Gasteiger partial charge in [-0.05, 0) is 0 Å². The van der Waals surface area contributed by atoms with Crippen molar-refractivity contribution in [1.29, 1.82) is 0 Å². The minimum atomic E-state index is -4.63. The molecule has 0 nitrogen and oxygen atoms in total. The van der Waals surface area contributed by atoms with Crippen LogP contribution in [0.25, 0.3) is 23.3 Å². The average molecular weight is 817 g/mol. The normalized spacial score (nSPS) is 15.3. The van der Waals surface area contributed by atoms with Crippen LogP contribution in [0.15, 0.2) is 119 Å². The van der Waals surface area contributed by atoms with Crippen LogP contribution in [0.1, 0.15) is 75.8 Å². The molecule has 9 heteroatoms. The molecule has 4 aromatic carbocycles. The van der Waals surface area contributed by atoms with Gasteiger partial charge in [-0.15, -0.1) is 0 Å². The Labute approximate surface area is 315 Å². The molecule has 0 aromatic heterocycles. The third-order valence-electron chi connectivity index (χ3n) is 9.46. The molecule has 0 fully saturated rings. The Morgan fingerprint density at radius 2 is 1.12 bits per heavy atom. The summed E-state index contributed by atoms with van der Waals surface area (Å²) in [4.78, 5) is 0. The van der Waals surface area contributed by atoms with Crippen LogP contribution in [0, 0.1) is 11.3 Å². The summed E-state index contributed by atoms with van der Waals surface area (Å²) in [7, 11) is 0. The number of hydrogen-bond donors (Lipinski definition) is 0. The minimum Gasteiger partial charge on any atom is -1.00 e. The Morgan fingerprint density at radius 1 is 0.667 bits per heavy atom. The topological polar surface area (TPSA) is 0 Å². The SMILES string of the molecule is C=Cc1ccc2c(c1)-c1cc(C=C)ccc1[CH]2[Zr+2]([C]1=CC(C(C)(C)C)=CC1C)=[C](c1cccc(C(F)(F)F)c1)c1cccc(C(F)(F)F)c1.[Cl-].[Cl-]. The Kier molecular flexibility index (Phi) is 11.9. The summed E-state index contributed by atoms with van der Waals surface area (Å²) in [6.45, 7) is 16.4. The first-order chi connectivity index (χ1) is 23.0. The van der Waals surface area contributed by atoms with Crippen LogP contribution in [0.2, 0.25) is 0 Å². The molecule has 0 N–H and O–H groups in total. The molecule has 0 saturated carbocycles. The van der Waals surface area contributed by atoms with E-state index in [1.54, 1.807) is 24.3 Å². The average Bonchev–Trinajstić information content (AvgIpc) is 3.60. The Bertz CT molecular complexity index is 1980. The smallest absolute Gasteiger partial charge is 1.00 e. The molecule has 51 heavy (non-hydrogen) atoms. The van der Waals surface area contributed by atoms with Crippen molar-refractivity contribution in [1.82, 2.24) is 0 Å². The summed E-state index contributed by atoms with van der Waals surface area (Å²) in [5.74, 6) is -0.0531. The third-order valence-corrected chi connectivity index (χ3v) is 18.2. The van der Waals surface area contributed by atoms with Crippen molar-refractivity contribution in [3.8, 4) is 11.1 Å². The molecular weight excluding hydrogens is 781 g/mol. The van der Waals surface area contributed by atoms with E-state index in [-0.39, 0.29) is 39.8 Å². The zero-order valence-corrected chi connectivity index (χ0v) is 32.5. The van der Waals surface area contributed by atoms with E-state index in [4.69, 9.17) is 0 Å². The van der Waals surface area contributed by atoms with E-state index in [1.165, 1.54) is 12.1 Å². The van der Waals surface area contributed by atoms with Gasteiger partial charge in [-0.3, -0.25) is 0 Å². The summed E-state index contributed by atoms with van der Waals surface area (Å²) in [6, 6.07) is 22.5. The molecule has 0 radical (unpaired) electrons. The molecule has 6 rings (SSSR count). The first-order valence-electron chi connectivity index (χ1n) is 16.1. The van der Waals surface area contributed by atoms with Gasteiger partial charge in [0.25, 0.3) is 0 Å². The van der Waals surface area contributed by atoms with Crippen LogP contribution in [-0.4, -0.2) is 3.21 Å². The summed E-state index contributed by atoms with van der Waals surface area (Å²) < 4.78 is 87.1. The van der Waals surface area contributed by atoms with Gasteiger partial charge in [0.1, 0.15) is 0 Å². The van der Waals surface area contributed by atoms with Crippen LogP contribution < -0.4 is 24.8 Å². The molecule has 4 aromatic rings. The largest absolute Gasteiger partial charge is 1.00 e. The molecule has 1 unspecified atom stereocenters. The Morgan fingerprint density at radius 3 is 1.49 bits per heavy atom. The van der Waals surface area contributed by atoms with Crippen molar-refractivity contribution in [3.63, 3.8) is 0 Å².